The van der Waals surface area contributed by atoms with Crippen LogP contribution < -0.4 is 10.1 Å². The summed E-state index contributed by atoms with van der Waals surface area (Å²) in [7, 11) is 1.61. The Labute approximate surface area is 111 Å². The van der Waals surface area contributed by atoms with Crippen molar-refractivity contribution in [3.8, 4) is 5.75 Å². The number of methoxy groups -OCH3 is 1. The number of carbonyl (C=O) groups is 1. The third kappa shape index (κ3) is 2.58. The van der Waals surface area contributed by atoms with Gasteiger partial charge in [-0.05, 0) is 56.8 Å². The molecule has 0 aliphatic heterocycles. The molecular formula is C11H11Br2NO2. The lowest BCUT2D eigenvalue weighted by molar-refractivity contribution is -0.117. The maximum Gasteiger partial charge on any atom is 0.227 e. The molecule has 2 rings (SSSR count). The number of benzene rings is 1. The Morgan fingerprint density at radius 3 is 2.38 bits per heavy atom. The first-order valence-corrected chi connectivity index (χ1v) is 6.54. The Hall–Kier alpha value is -0.550. The van der Waals surface area contributed by atoms with E-state index in [0.29, 0.717) is 0 Å². The van der Waals surface area contributed by atoms with E-state index in [9.17, 15) is 4.79 Å². The van der Waals surface area contributed by atoms with Gasteiger partial charge in [0.15, 0.2) is 0 Å². The minimum atomic E-state index is 0.0894. The van der Waals surface area contributed by atoms with Gasteiger partial charge < -0.3 is 10.1 Å². The highest BCUT2D eigenvalue weighted by Gasteiger charge is 2.30. The summed E-state index contributed by atoms with van der Waals surface area (Å²) in [6.45, 7) is 0. The van der Waals surface area contributed by atoms with E-state index in [0.717, 1.165) is 33.2 Å². The molecule has 0 atom stereocenters. The van der Waals surface area contributed by atoms with Crippen molar-refractivity contribution in [1.29, 1.82) is 0 Å². The third-order valence-corrected chi connectivity index (χ3v) is 3.70. The Bertz CT molecular complexity index is 407. The monoisotopic (exact) mass is 347 g/mol. The van der Waals surface area contributed by atoms with E-state index in [1.165, 1.54) is 0 Å². The van der Waals surface area contributed by atoms with Crippen molar-refractivity contribution >= 4 is 43.5 Å². The lowest BCUT2D eigenvalue weighted by Crippen LogP contribution is -2.14. The van der Waals surface area contributed by atoms with E-state index < -0.39 is 0 Å². The van der Waals surface area contributed by atoms with Crippen LogP contribution in [0.2, 0.25) is 0 Å². The lowest BCUT2D eigenvalue weighted by atomic mass is 10.3. The molecule has 0 aromatic heterocycles. The number of nitrogens with one attached hydrogen (secondary N) is 1. The van der Waals surface area contributed by atoms with Gasteiger partial charge in [0.1, 0.15) is 5.75 Å². The molecule has 0 saturated heterocycles. The Morgan fingerprint density at radius 2 is 1.94 bits per heavy atom. The minimum absolute atomic E-state index is 0.0894. The van der Waals surface area contributed by atoms with Gasteiger partial charge in [-0.15, -0.1) is 0 Å². The summed E-state index contributed by atoms with van der Waals surface area (Å²) < 4.78 is 6.75. The molecule has 1 saturated carbocycles. The molecule has 0 heterocycles. The van der Waals surface area contributed by atoms with Crippen LogP contribution in [0.25, 0.3) is 0 Å². The third-order valence-electron chi connectivity index (χ3n) is 2.45. The zero-order valence-corrected chi connectivity index (χ0v) is 11.9. The maximum atomic E-state index is 11.6. The molecule has 0 spiro atoms. The topological polar surface area (TPSA) is 38.3 Å². The summed E-state index contributed by atoms with van der Waals surface area (Å²) in [5.41, 5.74) is 0.762. The van der Waals surface area contributed by atoms with Crippen molar-refractivity contribution in [2.75, 3.05) is 12.4 Å². The predicted octanol–water partition coefficient (Wildman–Crippen LogP) is 3.57. The van der Waals surface area contributed by atoms with Gasteiger partial charge in [-0.2, -0.15) is 0 Å². The van der Waals surface area contributed by atoms with Crippen molar-refractivity contribution in [2.45, 2.75) is 12.8 Å². The second-order valence-corrected chi connectivity index (χ2v) is 5.44. The molecular weight excluding hydrogens is 338 g/mol. The van der Waals surface area contributed by atoms with Crippen molar-refractivity contribution in [1.82, 2.24) is 0 Å². The molecule has 1 N–H and O–H groups in total. The van der Waals surface area contributed by atoms with Crippen LogP contribution in [0, 0.1) is 5.92 Å². The summed E-state index contributed by atoms with van der Waals surface area (Å²) in [4.78, 5) is 11.6. The van der Waals surface area contributed by atoms with Crippen LogP contribution in [0.3, 0.4) is 0 Å². The molecule has 1 aliphatic carbocycles. The largest absolute Gasteiger partial charge is 0.497 e. The minimum Gasteiger partial charge on any atom is -0.497 e. The van der Waals surface area contributed by atoms with Crippen LogP contribution in [0.4, 0.5) is 5.69 Å². The van der Waals surface area contributed by atoms with Gasteiger partial charge in [0.25, 0.3) is 0 Å². The summed E-state index contributed by atoms with van der Waals surface area (Å²) in [6, 6.07) is 3.65. The Balaban J connectivity index is 2.22. The van der Waals surface area contributed by atoms with E-state index in [4.69, 9.17) is 4.74 Å². The molecule has 1 aromatic rings. The molecule has 16 heavy (non-hydrogen) atoms. The number of hydrogen-bond acceptors (Lipinski definition) is 2. The molecule has 1 aliphatic rings. The fourth-order valence-corrected chi connectivity index (χ4v) is 2.70. The molecule has 1 amide bonds. The molecule has 1 fully saturated rings. The van der Waals surface area contributed by atoms with Crippen LogP contribution in [-0.2, 0) is 4.79 Å². The first-order valence-electron chi connectivity index (χ1n) is 4.95. The maximum absolute atomic E-state index is 11.6. The normalized spacial score (nSPS) is 14.7. The van der Waals surface area contributed by atoms with E-state index >= 15 is 0 Å². The molecule has 3 nitrogen and oxygen atoms in total. The van der Waals surface area contributed by atoms with Crippen LogP contribution in [-0.4, -0.2) is 13.0 Å². The number of anilines is 1. The van der Waals surface area contributed by atoms with E-state index in [1.54, 1.807) is 7.11 Å². The highest BCUT2D eigenvalue weighted by molar-refractivity contribution is 9.11. The quantitative estimate of drug-likeness (QED) is 0.906. The fourth-order valence-electron chi connectivity index (χ4n) is 1.36. The van der Waals surface area contributed by atoms with Crippen molar-refractivity contribution in [3.05, 3.63) is 21.1 Å². The fraction of sp³-hybridized carbons (Fsp3) is 0.364. The number of hydrogen-bond donors (Lipinski definition) is 1. The van der Waals surface area contributed by atoms with E-state index in [2.05, 4.69) is 37.2 Å². The molecule has 0 radical (unpaired) electrons. The highest BCUT2D eigenvalue weighted by Crippen LogP contribution is 2.37. The van der Waals surface area contributed by atoms with Crippen molar-refractivity contribution in [2.24, 2.45) is 5.92 Å². The van der Waals surface area contributed by atoms with Gasteiger partial charge in [0.05, 0.1) is 12.8 Å². The first kappa shape index (κ1) is 11.9. The smallest absolute Gasteiger partial charge is 0.227 e. The van der Waals surface area contributed by atoms with Crippen molar-refractivity contribution in [3.63, 3.8) is 0 Å². The van der Waals surface area contributed by atoms with Crippen LogP contribution in [0.15, 0.2) is 21.1 Å². The van der Waals surface area contributed by atoms with E-state index in [1.807, 2.05) is 12.1 Å². The number of ether oxygens (including phenoxy) is 1. The Kier molecular flexibility index (Phi) is 3.54. The number of carbonyl (C=O) groups excluding carboxylic acids is 1. The van der Waals surface area contributed by atoms with Gasteiger partial charge in [-0.1, -0.05) is 0 Å². The van der Waals surface area contributed by atoms with Gasteiger partial charge in [-0.25, -0.2) is 0 Å². The highest BCUT2D eigenvalue weighted by atomic mass is 79.9. The zero-order valence-electron chi connectivity index (χ0n) is 8.72. The van der Waals surface area contributed by atoms with Crippen LogP contribution >= 0.6 is 31.9 Å². The van der Waals surface area contributed by atoms with Gasteiger partial charge in [0.2, 0.25) is 5.91 Å². The Morgan fingerprint density at radius 1 is 1.38 bits per heavy atom. The van der Waals surface area contributed by atoms with Crippen molar-refractivity contribution < 1.29 is 9.53 Å². The summed E-state index contributed by atoms with van der Waals surface area (Å²) in [5.74, 6) is 1.02. The summed E-state index contributed by atoms with van der Waals surface area (Å²) >= 11 is 6.82. The molecule has 0 unspecified atom stereocenters. The number of halogens is 2. The lowest BCUT2D eigenvalue weighted by Gasteiger charge is -2.11. The number of rotatable bonds is 3. The molecule has 0 bridgehead atoms. The summed E-state index contributed by atoms with van der Waals surface area (Å²) in [5, 5.41) is 2.90. The average Bonchev–Trinajstić information content (AvgIpc) is 3.06. The first-order chi connectivity index (χ1) is 7.61. The SMILES string of the molecule is COc1cc(Br)c(NC(=O)C2CC2)c(Br)c1. The predicted molar refractivity (Wildman–Crippen MR) is 69.7 cm³/mol. The number of amides is 1. The molecule has 1 aromatic carbocycles. The standard InChI is InChI=1S/C11H11Br2NO2/c1-16-7-4-8(12)10(9(13)5-7)14-11(15)6-2-3-6/h4-6H,2-3H2,1H3,(H,14,15). The average molecular weight is 349 g/mol. The molecule has 5 heteroatoms. The van der Waals surface area contributed by atoms with Crippen LogP contribution in [0.5, 0.6) is 5.75 Å². The second kappa shape index (κ2) is 4.75. The zero-order chi connectivity index (χ0) is 11.7. The van der Waals surface area contributed by atoms with Gasteiger partial charge >= 0.3 is 0 Å². The summed E-state index contributed by atoms with van der Waals surface area (Å²) in [6.07, 6.45) is 1.99. The van der Waals surface area contributed by atoms with Crippen LogP contribution in [0.1, 0.15) is 12.8 Å². The van der Waals surface area contributed by atoms with Gasteiger partial charge in [-0.3, -0.25) is 4.79 Å². The van der Waals surface area contributed by atoms with E-state index in [-0.39, 0.29) is 11.8 Å². The molecule has 86 valence electrons. The second-order valence-electron chi connectivity index (χ2n) is 3.73. The van der Waals surface area contributed by atoms with Gasteiger partial charge in [0, 0.05) is 14.9 Å².